The van der Waals surface area contributed by atoms with Crippen LogP contribution in [-0.4, -0.2) is 27.0 Å². The minimum Gasteiger partial charge on any atom is -0.493 e. The number of hydrogen-bond acceptors (Lipinski definition) is 6. The summed E-state index contributed by atoms with van der Waals surface area (Å²) in [6, 6.07) is 8.68. The van der Waals surface area contributed by atoms with Crippen molar-refractivity contribution in [2.24, 2.45) is 18.1 Å². The summed E-state index contributed by atoms with van der Waals surface area (Å²) in [6.45, 7) is 0.888. The SMILES string of the molecule is CSc1c(-c2ccc(Cn3cc(O)n(C)c3=O)c(F)c2)ccc(NCC2CC2)c1N=N. The molecule has 0 spiro atoms. The molecule has 1 heterocycles. The molecule has 4 rings (SSSR count). The van der Waals surface area contributed by atoms with Crippen LogP contribution in [0.2, 0.25) is 0 Å². The number of benzene rings is 2. The molecule has 0 aliphatic heterocycles. The number of imidazole rings is 1. The average molecular weight is 442 g/mol. The van der Waals surface area contributed by atoms with Crippen molar-refractivity contribution >= 4 is 23.1 Å². The number of nitrogens with one attached hydrogen (secondary N) is 2. The molecule has 0 unspecified atom stereocenters. The lowest BCUT2D eigenvalue weighted by molar-refractivity contribution is 0.429. The molecule has 0 atom stereocenters. The Morgan fingerprint density at radius 3 is 2.68 bits per heavy atom. The van der Waals surface area contributed by atoms with E-state index in [9.17, 15) is 14.3 Å². The molecule has 1 aliphatic rings. The number of aromatic hydroxyl groups is 1. The van der Waals surface area contributed by atoms with Gasteiger partial charge in [0.05, 0.1) is 18.4 Å². The van der Waals surface area contributed by atoms with Crippen molar-refractivity contribution in [1.29, 1.82) is 5.53 Å². The van der Waals surface area contributed by atoms with E-state index < -0.39 is 11.5 Å². The highest BCUT2D eigenvalue weighted by atomic mass is 32.2. The fraction of sp³-hybridized carbons (Fsp3) is 0.318. The van der Waals surface area contributed by atoms with Crippen LogP contribution in [0, 0.1) is 17.3 Å². The van der Waals surface area contributed by atoms with E-state index in [2.05, 4.69) is 10.4 Å². The van der Waals surface area contributed by atoms with Gasteiger partial charge in [0.15, 0.2) is 0 Å². The number of thioether (sulfide) groups is 1. The Kier molecular flexibility index (Phi) is 5.86. The Labute approximate surface area is 183 Å². The molecule has 0 bridgehead atoms. The van der Waals surface area contributed by atoms with Gasteiger partial charge in [-0.3, -0.25) is 9.13 Å². The van der Waals surface area contributed by atoms with Crippen LogP contribution in [0.3, 0.4) is 0 Å². The summed E-state index contributed by atoms with van der Waals surface area (Å²) in [4.78, 5) is 12.9. The van der Waals surface area contributed by atoms with Crippen molar-refractivity contribution in [3.63, 3.8) is 0 Å². The minimum absolute atomic E-state index is 0.0199. The third kappa shape index (κ3) is 4.23. The average Bonchev–Trinajstić information content (AvgIpc) is 3.57. The summed E-state index contributed by atoms with van der Waals surface area (Å²) in [5, 5.41) is 16.8. The lowest BCUT2D eigenvalue weighted by atomic mass is 10.0. The molecular weight excluding hydrogens is 417 g/mol. The zero-order chi connectivity index (χ0) is 22.1. The maximum Gasteiger partial charge on any atom is 0.331 e. The maximum atomic E-state index is 14.9. The number of anilines is 1. The van der Waals surface area contributed by atoms with Gasteiger partial charge in [0.25, 0.3) is 0 Å². The van der Waals surface area contributed by atoms with Gasteiger partial charge in [0, 0.05) is 24.1 Å². The van der Waals surface area contributed by atoms with E-state index in [0.29, 0.717) is 22.7 Å². The molecule has 2 aromatic carbocycles. The second kappa shape index (κ2) is 8.58. The molecule has 1 aromatic heterocycles. The molecule has 3 aromatic rings. The van der Waals surface area contributed by atoms with E-state index in [4.69, 9.17) is 5.53 Å². The Morgan fingerprint density at radius 1 is 1.32 bits per heavy atom. The van der Waals surface area contributed by atoms with Crippen LogP contribution in [0.5, 0.6) is 5.88 Å². The predicted octanol–water partition coefficient (Wildman–Crippen LogP) is 4.95. The van der Waals surface area contributed by atoms with Crippen molar-refractivity contribution in [3.8, 4) is 17.0 Å². The third-order valence-corrected chi connectivity index (χ3v) is 6.40. The van der Waals surface area contributed by atoms with Crippen molar-refractivity contribution in [3.05, 3.63) is 58.4 Å². The minimum atomic E-state index is -0.444. The second-order valence-electron chi connectivity index (χ2n) is 7.74. The fourth-order valence-corrected chi connectivity index (χ4v) is 4.30. The third-order valence-electron chi connectivity index (χ3n) is 5.58. The molecular formula is C22H24FN5O2S. The molecule has 0 amide bonds. The van der Waals surface area contributed by atoms with Crippen LogP contribution in [0.15, 0.2) is 51.3 Å². The van der Waals surface area contributed by atoms with E-state index in [1.165, 1.54) is 48.5 Å². The van der Waals surface area contributed by atoms with Gasteiger partial charge in [0.2, 0.25) is 5.88 Å². The number of rotatable bonds is 8. The molecule has 31 heavy (non-hydrogen) atoms. The maximum absolute atomic E-state index is 14.9. The molecule has 162 valence electrons. The Bertz CT molecular complexity index is 1200. The van der Waals surface area contributed by atoms with Gasteiger partial charge < -0.3 is 10.4 Å². The first kappa shape index (κ1) is 21.2. The molecule has 0 radical (unpaired) electrons. The van der Waals surface area contributed by atoms with Crippen molar-refractivity contribution < 1.29 is 9.50 Å². The summed E-state index contributed by atoms with van der Waals surface area (Å²) in [5.41, 5.74) is 10.4. The van der Waals surface area contributed by atoms with E-state index in [1.54, 1.807) is 12.1 Å². The van der Waals surface area contributed by atoms with E-state index in [1.807, 2.05) is 18.4 Å². The highest BCUT2D eigenvalue weighted by Gasteiger charge is 2.22. The zero-order valence-corrected chi connectivity index (χ0v) is 18.2. The largest absolute Gasteiger partial charge is 0.493 e. The van der Waals surface area contributed by atoms with Gasteiger partial charge in [-0.15, -0.1) is 11.8 Å². The summed E-state index contributed by atoms with van der Waals surface area (Å²) in [6.07, 6.45) is 5.66. The smallest absolute Gasteiger partial charge is 0.331 e. The van der Waals surface area contributed by atoms with Gasteiger partial charge in [-0.05, 0) is 48.3 Å². The Balaban J connectivity index is 1.65. The number of hydrogen-bond donors (Lipinski definition) is 3. The van der Waals surface area contributed by atoms with Crippen LogP contribution in [0.1, 0.15) is 18.4 Å². The Morgan fingerprint density at radius 2 is 2.10 bits per heavy atom. The topological polar surface area (TPSA) is 95.4 Å². The molecule has 7 nitrogen and oxygen atoms in total. The number of halogens is 1. The molecule has 9 heteroatoms. The molecule has 1 aliphatic carbocycles. The quantitative estimate of drug-likeness (QED) is 0.340. The monoisotopic (exact) mass is 441 g/mol. The Hall–Kier alpha value is -3.07. The van der Waals surface area contributed by atoms with Crippen LogP contribution in [0.4, 0.5) is 15.8 Å². The standard InChI is InChI=1S/C22H24FN5O2S/c1-27-19(29)12-28(22(27)30)11-15-6-5-14(9-17(15)23)16-7-8-18(25-10-13-3-4-13)20(26-24)21(16)31-2/h5-9,12-13,24-25,29H,3-4,10-11H2,1-2H3. The highest BCUT2D eigenvalue weighted by molar-refractivity contribution is 7.98. The van der Waals surface area contributed by atoms with Gasteiger partial charge in [-0.2, -0.15) is 5.11 Å². The molecule has 3 N–H and O–H groups in total. The van der Waals surface area contributed by atoms with E-state index in [0.717, 1.165) is 27.3 Å². The van der Waals surface area contributed by atoms with Crippen LogP contribution in [-0.2, 0) is 13.6 Å². The highest BCUT2D eigenvalue weighted by Crippen LogP contribution is 2.43. The van der Waals surface area contributed by atoms with Crippen molar-refractivity contribution in [2.75, 3.05) is 18.1 Å². The van der Waals surface area contributed by atoms with Gasteiger partial charge in [0.1, 0.15) is 11.5 Å². The van der Waals surface area contributed by atoms with Gasteiger partial charge >= 0.3 is 5.69 Å². The first-order chi connectivity index (χ1) is 14.9. The first-order valence-corrected chi connectivity index (χ1v) is 11.2. The zero-order valence-electron chi connectivity index (χ0n) is 17.4. The first-order valence-electron chi connectivity index (χ1n) is 9.99. The van der Waals surface area contributed by atoms with Crippen molar-refractivity contribution in [2.45, 2.75) is 24.3 Å². The fourth-order valence-electron chi connectivity index (χ4n) is 3.55. The van der Waals surface area contributed by atoms with Crippen LogP contribution in [0.25, 0.3) is 11.1 Å². The summed E-state index contributed by atoms with van der Waals surface area (Å²) in [5.74, 6) is 0.0745. The number of aromatic nitrogens is 2. The van der Waals surface area contributed by atoms with Gasteiger partial charge in [-0.1, -0.05) is 18.2 Å². The number of nitrogens with zero attached hydrogens (tertiary/aromatic N) is 3. The predicted molar refractivity (Wildman–Crippen MR) is 120 cm³/mol. The van der Waals surface area contributed by atoms with Gasteiger partial charge in [-0.25, -0.2) is 14.7 Å². The van der Waals surface area contributed by atoms with Crippen molar-refractivity contribution in [1.82, 2.24) is 9.13 Å². The second-order valence-corrected chi connectivity index (χ2v) is 8.56. The molecule has 0 saturated heterocycles. The van der Waals surface area contributed by atoms with Crippen LogP contribution >= 0.6 is 11.8 Å². The summed E-state index contributed by atoms with van der Waals surface area (Å²) in [7, 11) is 1.45. The van der Waals surface area contributed by atoms with E-state index >= 15 is 0 Å². The summed E-state index contributed by atoms with van der Waals surface area (Å²) < 4.78 is 17.3. The van der Waals surface area contributed by atoms with E-state index in [-0.39, 0.29) is 12.4 Å². The summed E-state index contributed by atoms with van der Waals surface area (Å²) >= 11 is 1.47. The molecule has 1 saturated carbocycles. The lowest BCUT2D eigenvalue weighted by Gasteiger charge is -2.16. The normalized spacial score (nSPS) is 13.4. The van der Waals surface area contributed by atoms with Crippen LogP contribution < -0.4 is 11.0 Å². The lowest BCUT2D eigenvalue weighted by Crippen LogP contribution is -2.22. The molecule has 1 fully saturated rings.